The van der Waals surface area contributed by atoms with Gasteiger partial charge in [0, 0.05) is 18.9 Å². The normalized spacial score (nSPS) is 11.9. The molecule has 3 aromatic rings. The van der Waals surface area contributed by atoms with Crippen LogP contribution in [-0.2, 0) is 11.3 Å². The fraction of sp³-hybridized carbons (Fsp3) is 0.190. The van der Waals surface area contributed by atoms with Crippen LogP contribution in [0.4, 0.5) is 4.39 Å². The molecule has 2 aromatic carbocycles. The number of nitrogens with one attached hydrogen (secondary N) is 1. The SMILES string of the molecule is Cc1ccc(CNC(=O)CC(c2cccc(F)c2)n2cccc2)cc1. The second kappa shape index (κ2) is 7.79. The molecule has 1 amide bonds. The highest BCUT2D eigenvalue weighted by atomic mass is 19.1. The van der Waals surface area contributed by atoms with E-state index in [1.165, 1.54) is 17.7 Å². The number of amides is 1. The minimum Gasteiger partial charge on any atom is -0.352 e. The Labute approximate surface area is 147 Å². The van der Waals surface area contributed by atoms with Gasteiger partial charge in [-0.3, -0.25) is 4.79 Å². The van der Waals surface area contributed by atoms with Gasteiger partial charge in [0.25, 0.3) is 0 Å². The molecule has 1 aromatic heterocycles. The van der Waals surface area contributed by atoms with Gasteiger partial charge in [-0.25, -0.2) is 4.39 Å². The standard InChI is InChI=1S/C21H21FN2O/c1-16-7-9-17(10-8-16)15-23-21(25)14-20(24-11-2-3-12-24)18-5-4-6-19(22)13-18/h2-13,20H,14-15H2,1H3,(H,23,25). The number of aromatic nitrogens is 1. The van der Waals surface area contributed by atoms with E-state index in [9.17, 15) is 9.18 Å². The summed E-state index contributed by atoms with van der Waals surface area (Å²) in [6.07, 6.45) is 4.04. The number of carbonyl (C=O) groups is 1. The van der Waals surface area contributed by atoms with Crippen molar-refractivity contribution in [2.45, 2.75) is 25.9 Å². The van der Waals surface area contributed by atoms with E-state index in [1.807, 2.05) is 66.3 Å². The van der Waals surface area contributed by atoms with Gasteiger partial charge in [0.15, 0.2) is 0 Å². The van der Waals surface area contributed by atoms with Crippen molar-refractivity contribution in [2.24, 2.45) is 0 Å². The van der Waals surface area contributed by atoms with Crippen molar-refractivity contribution in [3.8, 4) is 0 Å². The van der Waals surface area contributed by atoms with Crippen LogP contribution in [0.1, 0.15) is 29.2 Å². The molecule has 3 nitrogen and oxygen atoms in total. The Morgan fingerprint density at radius 2 is 1.80 bits per heavy atom. The third-order valence-corrected chi connectivity index (χ3v) is 4.21. The average molecular weight is 336 g/mol. The van der Waals surface area contributed by atoms with Crippen LogP contribution < -0.4 is 5.32 Å². The molecule has 0 spiro atoms. The first-order valence-corrected chi connectivity index (χ1v) is 8.32. The quantitative estimate of drug-likeness (QED) is 0.718. The maximum absolute atomic E-state index is 13.6. The first-order valence-electron chi connectivity index (χ1n) is 8.32. The second-order valence-corrected chi connectivity index (χ2v) is 6.17. The Morgan fingerprint density at radius 3 is 2.48 bits per heavy atom. The molecule has 25 heavy (non-hydrogen) atoms. The zero-order chi connectivity index (χ0) is 17.6. The second-order valence-electron chi connectivity index (χ2n) is 6.17. The van der Waals surface area contributed by atoms with E-state index in [2.05, 4.69) is 5.32 Å². The number of hydrogen-bond donors (Lipinski definition) is 1. The average Bonchev–Trinajstić information content (AvgIpc) is 3.13. The van der Waals surface area contributed by atoms with Crippen LogP contribution in [0.5, 0.6) is 0 Å². The highest BCUT2D eigenvalue weighted by Crippen LogP contribution is 2.23. The Morgan fingerprint density at radius 1 is 1.08 bits per heavy atom. The summed E-state index contributed by atoms with van der Waals surface area (Å²) in [5.41, 5.74) is 3.03. The van der Waals surface area contributed by atoms with E-state index in [4.69, 9.17) is 0 Å². The van der Waals surface area contributed by atoms with Gasteiger partial charge in [0.1, 0.15) is 5.82 Å². The number of rotatable bonds is 6. The van der Waals surface area contributed by atoms with Crippen molar-refractivity contribution in [1.82, 2.24) is 9.88 Å². The molecule has 0 aliphatic carbocycles. The zero-order valence-corrected chi connectivity index (χ0v) is 14.2. The van der Waals surface area contributed by atoms with E-state index in [-0.39, 0.29) is 24.2 Å². The summed E-state index contributed by atoms with van der Waals surface area (Å²) in [6, 6.07) is 18.0. The minimum absolute atomic E-state index is 0.0662. The molecular formula is C21H21FN2O. The maximum Gasteiger partial charge on any atom is 0.222 e. The van der Waals surface area contributed by atoms with E-state index in [0.717, 1.165) is 11.1 Å². The van der Waals surface area contributed by atoms with Crippen LogP contribution in [0.15, 0.2) is 73.1 Å². The Balaban J connectivity index is 1.69. The molecule has 4 heteroatoms. The van der Waals surface area contributed by atoms with Gasteiger partial charge in [-0.05, 0) is 42.3 Å². The fourth-order valence-electron chi connectivity index (χ4n) is 2.82. The van der Waals surface area contributed by atoms with Crippen molar-refractivity contribution in [2.75, 3.05) is 0 Å². The van der Waals surface area contributed by atoms with Crippen LogP contribution in [0.3, 0.4) is 0 Å². The monoisotopic (exact) mass is 336 g/mol. The van der Waals surface area contributed by atoms with Gasteiger partial charge < -0.3 is 9.88 Å². The molecule has 1 heterocycles. The Hall–Kier alpha value is -2.88. The molecule has 1 N–H and O–H groups in total. The van der Waals surface area contributed by atoms with E-state index >= 15 is 0 Å². The van der Waals surface area contributed by atoms with Crippen LogP contribution in [0, 0.1) is 12.7 Å². The van der Waals surface area contributed by atoms with Gasteiger partial charge in [0.2, 0.25) is 5.91 Å². The summed E-state index contributed by atoms with van der Waals surface area (Å²) < 4.78 is 15.5. The van der Waals surface area contributed by atoms with Gasteiger partial charge in [-0.2, -0.15) is 0 Å². The topological polar surface area (TPSA) is 34.0 Å². The number of halogens is 1. The molecule has 1 unspecified atom stereocenters. The van der Waals surface area contributed by atoms with Crippen molar-refractivity contribution < 1.29 is 9.18 Å². The molecule has 0 aliphatic heterocycles. The Kier molecular flexibility index (Phi) is 5.29. The Bertz CT molecular complexity index is 825. The summed E-state index contributed by atoms with van der Waals surface area (Å²) >= 11 is 0. The highest BCUT2D eigenvalue weighted by Gasteiger charge is 2.17. The van der Waals surface area contributed by atoms with Crippen LogP contribution >= 0.6 is 0 Å². The molecule has 1 atom stereocenters. The van der Waals surface area contributed by atoms with E-state index < -0.39 is 0 Å². The lowest BCUT2D eigenvalue weighted by molar-refractivity contribution is -0.121. The van der Waals surface area contributed by atoms with Crippen molar-refractivity contribution in [3.63, 3.8) is 0 Å². The first-order chi connectivity index (χ1) is 12.1. The number of aryl methyl sites for hydroxylation is 1. The smallest absolute Gasteiger partial charge is 0.222 e. The predicted octanol–water partition coefficient (Wildman–Crippen LogP) is 4.23. The van der Waals surface area contributed by atoms with Crippen LogP contribution in [0.25, 0.3) is 0 Å². The molecule has 0 fully saturated rings. The molecule has 0 bridgehead atoms. The van der Waals surface area contributed by atoms with Gasteiger partial charge in [0.05, 0.1) is 12.5 Å². The molecule has 0 saturated heterocycles. The third kappa shape index (κ3) is 4.57. The predicted molar refractivity (Wildman–Crippen MR) is 96.6 cm³/mol. The molecule has 128 valence electrons. The first kappa shape index (κ1) is 17.0. The van der Waals surface area contributed by atoms with Gasteiger partial charge >= 0.3 is 0 Å². The van der Waals surface area contributed by atoms with Crippen LogP contribution in [-0.4, -0.2) is 10.5 Å². The lowest BCUT2D eigenvalue weighted by Crippen LogP contribution is -2.26. The summed E-state index contributed by atoms with van der Waals surface area (Å²) in [7, 11) is 0. The number of carbonyl (C=O) groups excluding carboxylic acids is 1. The lowest BCUT2D eigenvalue weighted by Gasteiger charge is -2.19. The molecule has 3 rings (SSSR count). The highest BCUT2D eigenvalue weighted by molar-refractivity contribution is 5.76. The fourth-order valence-corrected chi connectivity index (χ4v) is 2.82. The van der Waals surface area contributed by atoms with Crippen molar-refractivity contribution in [3.05, 3.63) is 95.6 Å². The largest absolute Gasteiger partial charge is 0.352 e. The maximum atomic E-state index is 13.6. The van der Waals surface area contributed by atoms with Gasteiger partial charge in [-0.15, -0.1) is 0 Å². The molecule has 0 aliphatic rings. The minimum atomic E-state index is -0.297. The molecule has 0 saturated carbocycles. The summed E-state index contributed by atoms with van der Waals surface area (Å²) in [4.78, 5) is 12.4. The molecular weight excluding hydrogens is 315 g/mol. The third-order valence-electron chi connectivity index (χ3n) is 4.21. The van der Waals surface area contributed by atoms with Crippen molar-refractivity contribution in [1.29, 1.82) is 0 Å². The summed E-state index contributed by atoms with van der Waals surface area (Å²) in [5, 5.41) is 2.95. The van der Waals surface area contributed by atoms with Gasteiger partial charge in [-0.1, -0.05) is 42.0 Å². The number of nitrogens with zero attached hydrogens (tertiary/aromatic N) is 1. The number of benzene rings is 2. The lowest BCUT2D eigenvalue weighted by atomic mass is 10.0. The van der Waals surface area contributed by atoms with E-state index in [1.54, 1.807) is 6.07 Å². The summed E-state index contributed by atoms with van der Waals surface area (Å²) in [6.45, 7) is 2.52. The zero-order valence-electron chi connectivity index (χ0n) is 14.2. The molecule has 0 radical (unpaired) electrons. The van der Waals surface area contributed by atoms with E-state index in [0.29, 0.717) is 6.54 Å². The van der Waals surface area contributed by atoms with Crippen molar-refractivity contribution >= 4 is 5.91 Å². The summed E-state index contributed by atoms with van der Waals surface area (Å²) in [5.74, 6) is -0.363. The number of hydrogen-bond acceptors (Lipinski definition) is 1. The van der Waals surface area contributed by atoms with Crippen LogP contribution in [0.2, 0.25) is 0 Å².